The third-order valence-corrected chi connectivity index (χ3v) is 15.4. The van der Waals surface area contributed by atoms with Gasteiger partial charge in [0.1, 0.15) is 0 Å². The molecule has 2 saturated heterocycles. The number of hydrogen-bond donors (Lipinski definition) is 8. The minimum Gasteiger partial charge on any atom is -0.481 e. The minimum atomic E-state index is -2.74. The molecule has 0 bridgehead atoms. The molecule has 2 aliphatic heterocycles. The van der Waals surface area contributed by atoms with E-state index in [4.69, 9.17) is 50.3 Å². The summed E-state index contributed by atoms with van der Waals surface area (Å²) in [7, 11) is 3.48. The van der Waals surface area contributed by atoms with Gasteiger partial charge in [-0.3, -0.25) is 28.8 Å². The van der Waals surface area contributed by atoms with Gasteiger partial charge >= 0.3 is 35.8 Å². The van der Waals surface area contributed by atoms with Gasteiger partial charge in [0.2, 0.25) is 11.8 Å². The number of piperidine rings is 2. The molecule has 6 rings (SSSR count). The van der Waals surface area contributed by atoms with E-state index in [0.717, 1.165) is 89.2 Å². The molecule has 24 heteroatoms. The Hall–Kier alpha value is -6.64. The van der Waals surface area contributed by atoms with Crippen LogP contribution in [0.15, 0.2) is 95.7 Å². The number of rotatable bonds is 26. The first-order valence-corrected chi connectivity index (χ1v) is 27.7. The highest BCUT2D eigenvalue weighted by Gasteiger charge is 2.45. The fourth-order valence-corrected chi connectivity index (χ4v) is 10.9. The van der Waals surface area contributed by atoms with E-state index in [1.54, 1.807) is 14.2 Å². The molecule has 0 atom stereocenters. The zero-order chi connectivity index (χ0) is 59.5. The normalized spacial score (nSPS) is 15.0. The number of carbonyl (C=O) groups is 8. The van der Waals surface area contributed by atoms with Crippen molar-refractivity contribution >= 4 is 81.7 Å². The van der Waals surface area contributed by atoms with Crippen LogP contribution in [-0.2, 0) is 60.7 Å². The summed E-state index contributed by atoms with van der Waals surface area (Å²) in [5.41, 5.74) is -4.04. The highest BCUT2D eigenvalue weighted by Crippen LogP contribution is 2.36. The Kier molecular flexibility index (Phi) is 28.1. The number of thiophene rings is 2. The van der Waals surface area contributed by atoms with Crippen LogP contribution < -0.4 is 9.80 Å². The number of aliphatic carboxylic acids is 6. The Balaban J connectivity index is 0.000000298. The van der Waals surface area contributed by atoms with Crippen LogP contribution in [0.5, 0.6) is 0 Å². The second-order valence-corrected chi connectivity index (χ2v) is 21.5. The zero-order valence-electron chi connectivity index (χ0n) is 45.6. The number of anilines is 2. The summed E-state index contributed by atoms with van der Waals surface area (Å²) in [4.78, 5) is 98.8. The Bertz CT molecular complexity index is 2340. The second-order valence-electron chi connectivity index (χ2n) is 19.4. The van der Waals surface area contributed by atoms with Gasteiger partial charge in [0.05, 0.1) is 50.0 Å². The predicted molar refractivity (Wildman–Crippen MR) is 299 cm³/mol. The lowest BCUT2D eigenvalue weighted by Gasteiger charge is -2.48. The standard InChI is InChI=1S/2C22H30N2O2S.2C6H8O7/c2*1-3-21(25)24(19-8-5-4-6-9-19)22(18-26-2)12-15-23(16-13-22)14-11-20-10-7-17-27-20;2*7-3(8)1-6(13,5(11)12)2-4(9)10/h2*4-10,17H,3,11-16,18H2,1-2H3;2*13H,1-2H2,(H,7,8)(H,9,10)(H,11,12). The van der Waals surface area contributed by atoms with Gasteiger partial charge in [0.15, 0.2) is 11.2 Å². The number of methoxy groups -OCH3 is 2. The molecule has 0 radical (unpaired) electrons. The topological polar surface area (TPSA) is 330 Å². The molecule has 0 saturated carbocycles. The van der Waals surface area contributed by atoms with E-state index in [2.05, 4.69) is 44.8 Å². The number of carboxylic acid groups (broad SMARTS) is 6. The third kappa shape index (κ3) is 21.1. The highest BCUT2D eigenvalue weighted by atomic mass is 32.1. The fraction of sp³-hybridized carbons (Fsp3) is 0.500. The van der Waals surface area contributed by atoms with E-state index >= 15 is 0 Å². The van der Waals surface area contributed by atoms with Crippen molar-refractivity contribution in [3.05, 3.63) is 105 Å². The van der Waals surface area contributed by atoms with E-state index in [1.165, 1.54) is 9.75 Å². The van der Waals surface area contributed by atoms with Gasteiger partial charge in [-0.2, -0.15) is 0 Å². The Morgan fingerprint density at radius 1 is 0.500 bits per heavy atom. The molecular weight excluding hydrogens is 1080 g/mol. The number of carbonyl (C=O) groups excluding carboxylic acids is 2. The maximum atomic E-state index is 12.9. The van der Waals surface area contributed by atoms with Crippen molar-refractivity contribution in [3.63, 3.8) is 0 Å². The number of amides is 2. The summed E-state index contributed by atoms with van der Waals surface area (Å²) in [5.74, 6) is -9.69. The van der Waals surface area contributed by atoms with E-state index < -0.39 is 72.7 Å². The molecule has 2 amide bonds. The van der Waals surface area contributed by atoms with Crippen LogP contribution in [0.25, 0.3) is 0 Å². The maximum Gasteiger partial charge on any atom is 0.336 e. The van der Waals surface area contributed by atoms with Crippen molar-refractivity contribution in [3.8, 4) is 0 Å². The molecule has 440 valence electrons. The van der Waals surface area contributed by atoms with E-state index in [-0.39, 0.29) is 22.9 Å². The van der Waals surface area contributed by atoms with Crippen molar-refractivity contribution in [2.24, 2.45) is 0 Å². The molecule has 0 spiro atoms. The molecule has 2 aromatic carbocycles. The summed E-state index contributed by atoms with van der Waals surface area (Å²) in [5, 5.41) is 71.9. The van der Waals surface area contributed by atoms with Gasteiger partial charge in [-0.25, -0.2) is 9.59 Å². The quantitative estimate of drug-likeness (QED) is 0.0361. The van der Waals surface area contributed by atoms with Crippen LogP contribution in [0.1, 0.15) is 87.8 Å². The SMILES string of the molecule is CCC(=O)N(c1ccccc1)C1(COC)CCN(CCc2cccs2)CC1.CCC(=O)N(c1ccccc1)C1(COC)CCN(CCc2cccs2)CC1.O=C(O)CC(O)(CC(=O)O)C(=O)O.O=C(O)CC(O)(CC(=O)O)C(=O)O. The van der Waals surface area contributed by atoms with E-state index in [9.17, 15) is 38.4 Å². The maximum absolute atomic E-state index is 12.9. The molecule has 0 unspecified atom stereocenters. The number of nitrogens with zero attached hydrogens (tertiary/aromatic N) is 4. The molecule has 0 aliphatic carbocycles. The summed E-state index contributed by atoms with van der Waals surface area (Å²) in [6.45, 7) is 11.2. The molecule has 22 nitrogen and oxygen atoms in total. The minimum absolute atomic E-state index is 0.172. The number of hydrogen-bond acceptors (Lipinski definition) is 16. The molecule has 4 aromatic rings. The molecule has 4 heterocycles. The summed E-state index contributed by atoms with van der Waals surface area (Å²) in [6.07, 6.45) is 2.38. The van der Waals surface area contributed by atoms with Crippen molar-refractivity contribution in [1.82, 2.24) is 9.80 Å². The summed E-state index contributed by atoms with van der Waals surface area (Å²) >= 11 is 3.66. The van der Waals surface area contributed by atoms with Crippen molar-refractivity contribution in [2.45, 2.75) is 113 Å². The molecule has 2 aromatic heterocycles. The Morgan fingerprint density at radius 2 is 0.800 bits per heavy atom. The lowest BCUT2D eigenvalue weighted by molar-refractivity contribution is -0.170. The molecule has 8 N–H and O–H groups in total. The number of ether oxygens (including phenoxy) is 2. The lowest BCUT2D eigenvalue weighted by Crippen LogP contribution is -2.60. The largest absolute Gasteiger partial charge is 0.481 e. The number of benzene rings is 2. The van der Waals surface area contributed by atoms with Crippen LogP contribution >= 0.6 is 22.7 Å². The third-order valence-electron chi connectivity index (χ3n) is 13.6. The summed E-state index contributed by atoms with van der Waals surface area (Å²) < 4.78 is 11.3. The van der Waals surface area contributed by atoms with Crippen LogP contribution in [0.2, 0.25) is 0 Å². The molecule has 2 fully saturated rings. The fourth-order valence-electron chi connectivity index (χ4n) is 9.50. The highest BCUT2D eigenvalue weighted by molar-refractivity contribution is 7.10. The van der Waals surface area contributed by atoms with Gasteiger partial charge in [0.25, 0.3) is 0 Å². The first kappa shape index (κ1) is 67.6. The smallest absolute Gasteiger partial charge is 0.336 e. The summed E-state index contributed by atoms with van der Waals surface area (Å²) in [6, 6.07) is 28.8. The number of likely N-dealkylation sites (tertiary alicyclic amines) is 2. The molecule has 80 heavy (non-hydrogen) atoms. The molecule has 2 aliphatic rings. The van der Waals surface area contributed by atoms with Crippen LogP contribution in [0.4, 0.5) is 11.4 Å². The van der Waals surface area contributed by atoms with Crippen LogP contribution in [0.3, 0.4) is 0 Å². The van der Waals surface area contributed by atoms with Gasteiger partial charge in [0, 0.05) is 87.5 Å². The van der Waals surface area contributed by atoms with Gasteiger partial charge in [-0.1, -0.05) is 62.4 Å². The van der Waals surface area contributed by atoms with E-state index in [1.807, 2.05) is 107 Å². The number of aliphatic hydroxyl groups is 2. The van der Waals surface area contributed by atoms with E-state index in [0.29, 0.717) is 26.1 Å². The van der Waals surface area contributed by atoms with Crippen LogP contribution in [0, 0.1) is 0 Å². The average molecular weight is 1160 g/mol. The van der Waals surface area contributed by atoms with Crippen LogP contribution in [-0.4, -0.2) is 187 Å². The first-order valence-electron chi connectivity index (χ1n) is 25.9. The second kappa shape index (κ2) is 33.2. The predicted octanol–water partition coefficient (Wildman–Crippen LogP) is 5.93. The van der Waals surface area contributed by atoms with Crippen molar-refractivity contribution in [2.75, 3.05) is 76.5 Å². The van der Waals surface area contributed by atoms with Gasteiger partial charge in [-0.05, 0) is 85.7 Å². The zero-order valence-corrected chi connectivity index (χ0v) is 47.3. The Labute approximate surface area is 473 Å². The molecular formula is C56H76N4O18S2. The Morgan fingerprint density at radius 3 is 1.02 bits per heavy atom. The number of carboxylic acids is 6. The lowest BCUT2D eigenvalue weighted by atomic mass is 9.85. The first-order chi connectivity index (χ1) is 37.9. The monoisotopic (exact) mass is 1160 g/mol. The van der Waals surface area contributed by atoms with Crippen molar-refractivity contribution in [1.29, 1.82) is 0 Å². The van der Waals surface area contributed by atoms with Crippen molar-refractivity contribution < 1.29 is 88.7 Å². The average Bonchev–Trinajstić information content (AvgIpc) is 4.15. The van der Waals surface area contributed by atoms with Gasteiger partial charge < -0.3 is 69.9 Å². The van der Waals surface area contributed by atoms with Gasteiger partial charge in [-0.15, -0.1) is 22.7 Å². The number of para-hydroxylation sites is 2.